The third kappa shape index (κ3) is 0.938. The Morgan fingerprint density at radius 3 is 1.22 bits per heavy atom. The Hall–Kier alpha value is -2.48. The lowest BCUT2D eigenvalue weighted by molar-refractivity contribution is 1.57. The first-order valence-electron chi connectivity index (χ1n) is 5.81. The van der Waals surface area contributed by atoms with E-state index in [0.29, 0.717) is 10.8 Å². The number of benzene rings is 3. The normalized spacial score (nSPS) is 11.8. The van der Waals surface area contributed by atoms with E-state index in [0.717, 1.165) is 21.5 Å². The third-order valence-corrected chi connectivity index (χ3v) is 3.59. The van der Waals surface area contributed by atoms with Gasteiger partial charge in [-0.1, -0.05) is 48.5 Å². The van der Waals surface area contributed by atoms with E-state index >= 15 is 0 Å². The van der Waals surface area contributed by atoms with Gasteiger partial charge in [0.1, 0.15) is 0 Å². The average molecular weight is 232 g/mol. The monoisotopic (exact) mass is 232 g/mol. The average Bonchev–Trinajstić information content (AvgIpc) is 2.44. The predicted molar refractivity (Wildman–Crippen MR) is 73.9 cm³/mol. The fraction of sp³-hybridized carbons (Fsp3) is 0. The number of rotatable bonds is 0. The third-order valence-electron chi connectivity index (χ3n) is 3.59. The predicted octanol–water partition coefficient (Wildman–Crippen LogP) is 2.74. The summed E-state index contributed by atoms with van der Waals surface area (Å²) in [7, 11) is 0. The lowest BCUT2D eigenvalue weighted by Crippen LogP contribution is -2.30. The first-order chi connectivity index (χ1) is 8.79. The van der Waals surface area contributed by atoms with E-state index in [1.165, 1.54) is 0 Å². The van der Waals surface area contributed by atoms with Crippen molar-refractivity contribution in [3.63, 3.8) is 0 Å². The molecular formula is C16H8O2. The molecule has 2 heteroatoms. The van der Waals surface area contributed by atoms with Crippen molar-refractivity contribution in [2.24, 2.45) is 0 Å². The minimum absolute atomic E-state index is 0.355. The fourth-order valence-electron chi connectivity index (χ4n) is 2.78. The zero-order valence-electron chi connectivity index (χ0n) is 9.44. The van der Waals surface area contributed by atoms with Crippen LogP contribution < -0.4 is 10.9 Å². The minimum atomic E-state index is -0.355. The van der Waals surface area contributed by atoms with Gasteiger partial charge in [0.05, 0.1) is 0 Å². The molecule has 0 heterocycles. The lowest BCUT2D eigenvalue weighted by atomic mass is 9.91. The lowest BCUT2D eigenvalue weighted by Gasteiger charge is -2.10. The van der Waals surface area contributed by atoms with Crippen LogP contribution >= 0.6 is 0 Å². The Labute approximate surface area is 102 Å². The second-order valence-electron chi connectivity index (χ2n) is 4.50. The summed E-state index contributed by atoms with van der Waals surface area (Å²) < 4.78 is 0. The van der Waals surface area contributed by atoms with Crippen LogP contribution in [0.4, 0.5) is 0 Å². The summed E-state index contributed by atoms with van der Waals surface area (Å²) in [5, 5.41) is 5.02. The van der Waals surface area contributed by atoms with Gasteiger partial charge in [0.25, 0.3) is 0 Å². The molecule has 0 N–H and O–H groups in total. The van der Waals surface area contributed by atoms with Crippen LogP contribution in [0.3, 0.4) is 0 Å². The number of fused-ring (bicyclic) bond motifs is 6. The molecule has 0 aromatic heterocycles. The zero-order valence-corrected chi connectivity index (χ0v) is 9.44. The SMILES string of the molecule is O=c1c(=O)c2c3ccccc3c3ccccc3c12. The van der Waals surface area contributed by atoms with Crippen molar-refractivity contribution in [1.29, 1.82) is 0 Å². The summed E-state index contributed by atoms with van der Waals surface area (Å²) in [5.74, 6) is 0. The molecule has 0 aliphatic heterocycles. The van der Waals surface area contributed by atoms with Gasteiger partial charge in [0.15, 0.2) is 0 Å². The molecule has 0 atom stereocenters. The fourth-order valence-corrected chi connectivity index (χ4v) is 2.78. The van der Waals surface area contributed by atoms with Gasteiger partial charge in [-0.25, -0.2) is 0 Å². The second-order valence-corrected chi connectivity index (χ2v) is 4.50. The molecule has 0 fully saturated rings. The first kappa shape index (κ1) is 9.54. The van der Waals surface area contributed by atoms with Gasteiger partial charge >= 0.3 is 0 Å². The van der Waals surface area contributed by atoms with E-state index < -0.39 is 0 Å². The van der Waals surface area contributed by atoms with Gasteiger partial charge in [-0.2, -0.15) is 0 Å². The molecule has 0 spiro atoms. The van der Waals surface area contributed by atoms with E-state index in [4.69, 9.17) is 0 Å². The maximum atomic E-state index is 11.8. The van der Waals surface area contributed by atoms with Crippen LogP contribution in [0.15, 0.2) is 58.1 Å². The highest BCUT2D eigenvalue weighted by Crippen LogP contribution is 2.32. The molecule has 4 aromatic carbocycles. The summed E-state index contributed by atoms with van der Waals surface area (Å²) in [6.45, 7) is 0. The Bertz CT molecular complexity index is 919. The van der Waals surface area contributed by atoms with Crippen molar-refractivity contribution in [1.82, 2.24) is 0 Å². The molecule has 0 unspecified atom stereocenters. The van der Waals surface area contributed by atoms with E-state index in [1.807, 2.05) is 48.5 Å². The number of hydrogen-bond acceptors (Lipinski definition) is 2. The Morgan fingerprint density at radius 1 is 0.500 bits per heavy atom. The largest absolute Gasteiger partial charge is 0.285 e. The smallest absolute Gasteiger partial charge is 0.234 e. The van der Waals surface area contributed by atoms with Crippen LogP contribution in [-0.4, -0.2) is 0 Å². The van der Waals surface area contributed by atoms with Crippen molar-refractivity contribution >= 4 is 32.3 Å². The van der Waals surface area contributed by atoms with E-state index in [9.17, 15) is 9.59 Å². The highest BCUT2D eigenvalue weighted by atomic mass is 16.2. The molecule has 18 heavy (non-hydrogen) atoms. The van der Waals surface area contributed by atoms with Crippen molar-refractivity contribution in [3.05, 3.63) is 69.0 Å². The van der Waals surface area contributed by atoms with Crippen LogP contribution in [0.5, 0.6) is 0 Å². The molecule has 4 aromatic rings. The Balaban J connectivity index is 2.52. The van der Waals surface area contributed by atoms with Gasteiger partial charge in [-0.15, -0.1) is 0 Å². The van der Waals surface area contributed by atoms with Crippen LogP contribution in [0.25, 0.3) is 32.3 Å². The quantitative estimate of drug-likeness (QED) is 0.345. The van der Waals surface area contributed by atoms with Crippen molar-refractivity contribution in [2.45, 2.75) is 0 Å². The van der Waals surface area contributed by atoms with Crippen molar-refractivity contribution in [2.75, 3.05) is 0 Å². The van der Waals surface area contributed by atoms with E-state index in [1.54, 1.807) is 0 Å². The van der Waals surface area contributed by atoms with Gasteiger partial charge in [0.2, 0.25) is 10.9 Å². The standard InChI is InChI=1S/C16H8O2/c17-15-13-11-7-3-1-5-9(11)10-6-2-4-8-12(10)14(13)16(15)18/h1-8H. The Kier molecular flexibility index (Phi) is 1.61. The molecule has 2 nitrogen and oxygen atoms in total. The summed E-state index contributed by atoms with van der Waals surface area (Å²) in [6.07, 6.45) is 0. The van der Waals surface area contributed by atoms with E-state index in [-0.39, 0.29) is 10.9 Å². The molecule has 0 saturated carbocycles. The van der Waals surface area contributed by atoms with Crippen molar-refractivity contribution < 1.29 is 0 Å². The number of hydrogen-bond donors (Lipinski definition) is 0. The molecule has 0 aliphatic rings. The van der Waals surface area contributed by atoms with Crippen molar-refractivity contribution in [3.8, 4) is 0 Å². The summed E-state index contributed by atoms with van der Waals surface area (Å²) in [5.41, 5.74) is -0.709. The molecule has 0 saturated heterocycles. The molecule has 0 bridgehead atoms. The van der Waals surface area contributed by atoms with E-state index in [2.05, 4.69) is 0 Å². The van der Waals surface area contributed by atoms with Gasteiger partial charge in [-0.3, -0.25) is 9.59 Å². The molecular weight excluding hydrogens is 224 g/mol. The molecule has 0 aliphatic carbocycles. The molecule has 0 amide bonds. The Morgan fingerprint density at radius 2 is 0.833 bits per heavy atom. The zero-order chi connectivity index (χ0) is 12.3. The van der Waals surface area contributed by atoms with Gasteiger partial charge in [0, 0.05) is 10.8 Å². The molecule has 0 radical (unpaired) electrons. The van der Waals surface area contributed by atoms with Crippen LogP contribution in [0, 0.1) is 0 Å². The van der Waals surface area contributed by atoms with Gasteiger partial charge in [-0.05, 0) is 21.5 Å². The van der Waals surface area contributed by atoms with Gasteiger partial charge < -0.3 is 0 Å². The minimum Gasteiger partial charge on any atom is -0.285 e. The van der Waals surface area contributed by atoms with Crippen LogP contribution in [0.2, 0.25) is 0 Å². The second kappa shape index (κ2) is 3.05. The maximum Gasteiger partial charge on any atom is 0.234 e. The highest BCUT2D eigenvalue weighted by Gasteiger charge is 2.19. The maximum absolute atomic E-state index is 11.8. The summed E-state index contributed by atoms with van der Waals surface area (Å²) in [4.78, 5) is 23.5. The first-order valence-corrected chi connectivity index (χ1v) is 5.81. The van der Waals surface area contributed by atoms with Crippen LogP contribution in [-0.2, 0) is 0 Å². The highest BCUT2D eigenvalue weighted by molar-refractivity contribution is 6.26. The molecule has 4 rings (SSSR count). The van der Waals surface area contributed by atoms with Crippen LogP contribution in [0.1, 0.15) is 0 Å². The topological polar surface area (TPSA) is 34.1 Å². The summed E-state index contributed by atoms with van der Waals surface area (Å²) in [6, 6.07) is 15.5. The molecule has 84 valence electrons. The summed E-state index contributed by atoms with van der Waals surface area (Å²) >= 11 is 0.